The van der Waals surface area contributed by atoms with Crippen LogP contribution in [0.1, 0.15) is 50.7 Å². The molecule has 5 heteroatoms. The van der Waals surface area contributed by atoms with Crippen LogP contribution in [0.25, 0.3) is 0 Å². The van der Waals surface area contributed by atoms with E-state index in [0.29, 0.717) is 37.0 Å². The van der Waals surface area contributed by atoms with Gasteiger partial charge in [0, 0.05) is 44.9 Å². The second-order valence-corrected chi connectivity index (χ2v) is 8.21. The summed E-state index contributed by atoms with van der Waals surface area (Å²) in [5.41, 5.74) is 2.47. The van der Waals surface area contributed by atoms with Gasteiger partial charge in [0.15, 0.2) is 0 Å². The maximum absolute atomic E-state index is 13.9. The van der Waals surface area contributed by atoms with Crippen LogP contribution in [-0.4, -0.2) is 49.7 Å². The summed E-state index contributed by atoms with van der Waals surface area (Å²) in [6.45, 7) is 10.8. The van der Waals surface area contributed by atoms with Crippen molar-refractivity contribution in [2.45, 2.75) is 59.0 Å². The molecule has 1 aromatic rings. The lowest BCUT2D eigenvalue weighted by Gasteiger charge is -2.36. The molecule has 1 fully saturated rings. The highest BCUT2D eigenvalue weighted by atomic mass is 19.1. The van der Waals surface area contributed by atoms with Crippen molar-refractivity contribution in [3.8, 4) is 0 Å². The molecule has 2 aliphatic rings. The molecule has 150 valence electrons. The van der Waals surface area contributed by atoms with Crippen LogP contribution in [0.4, 0.5) is 10.1 Å². The SMILES string of the molecule is CCCOC1CCN(CC(C)CN2C(=O)CCc3cc(F)c(C)cc32)CC1. The van der Waals surface area contributed by atoms with Crippen molar-refractivity contribution in [3.63, 3.8) is 0 Å². The van der Waals surface area contributed by atoms with Gasteiger partial charge in [-0.05, 0) is 61.8 Å². The number of carbonyl (C=O) groups is 1. The van der Waals surface area contributed by atoms with Gasteiger partial charge in [-0.1, -0.05) is 13.8 Å². The average Bonchev–Trinajstić information content (AvgIpc) is 2.65. The van der Waals surface area contributed by atoms with Crippen molar-refractivity contribution in [2.75, 3.05) is 37.7 Å². The number of aryl methyl sites for hydroxylation is 2. The first-order valence-corrected chi connectivity index (χ1v) is 10.4. The van der Waals surface area contributed by atoms with E-state index in [1.165, 1.54) is 0 Å². The molecule has 1 saturated heterocycles. The Bertz CT molecular complexity index is 656. The summed E-state index contributed by atoms with van der Waals surface area (Å²) < 4.78 is 19.8. The topological polar surface area (TPSA) is 32.8 Å². The second-order valence-electron chi connectivity index (χ2n) is 8.21. The van der Waals surface area contributed by atoms with Crippen molar-refractivity contribution in [1.29, 1.82) is 0 Å². The van der Waals surface area contributed by atoms with Crippen LogP contribution >= 0.6 is 0 Å². The quantitative estimate of drug-likeness (QED) is 0.723. The van der Waals surface area contributed by atoms with Crippen LogP contribution in [0.15, 0.2) is 12.1 Å². The molecule has 4 nitrogen and oxygen atoms in total. The standard InChI is InChI=1S/C22H33FN2O2/c1-4-11-27-19-7-9-24(10-8-19)14-16(2)15-25-21-12-17(3)20(23)13-18(21)5-6-22(25)26/h12-13,16,19H,4-11,14-15H2,1-3H3. The van der Waals surface area contributed by atoms with Gasteiger partial charge >= 0.3 is 0 Å². The molecule has 1 amide bonds. The second kappa shape index (κ2) is 9.16. The lowest BCUT2D eigenvalue weighted by Crippen LogP contribution is -2.44. The van der Waals surface area contributed by atoms with E-state index >= 15 is 0 Å². The molecular formula is C22H33FN2O2. The van der Waals surface area contributed by atoms with E-state index < -0.39 is 0 Å². The zero-order valence-corrected chi connectivity index (χ0v) is 17.0. The van der Waals surface area contributed by atoms with Crippen LogP contribution in [0, 0.1) is 18.7 Å². The molecule has 1 aromatic carbocycles. The molecule has 1 unspecified atom stereocenters. The summed E-state index contributed by atoms with van der Waals surface area (Å²) in [7, 11) is 0. The first-order valence-electron chi connectivity index (χ1n) is 10.4. The van der Waals surface area contributed by atoms with E-state index in [1.54, 1.807) is 13.0 Å². The Morgan fingerprint density at radius 1 is 1.22 bits per heavy atom. The summed E-state index contributed by atoms with van der Waals surface area (Å²) in [4.78, 5) is 16.9. The third kappa shape index (κ3) is 5.08. The molecular weight excluding hydrogens is 343 g/mol. The Kier molecular flexibility index (Phi) is 6.88. The van der Waals surface area contributed by atoms with Crippen LogP contribution in [-0.2, 0) is 16.0 Å². The zero-order chi connectivity index (χ0) is 19.4. The Hall–Kier alpha value is -1.46. The minimum absolute atomic E-state index is 0.159. The number of hydrogen-bond acceptors (Lipinski definition) is 3. The smallest absolute Gasteiger partial charge is 0.227 e. The minimum Gasteiger partial charge on any atom is -0.378 e. The summed E-state index contributed by atoms with van der Waals surface area (Å²) in [6, 6.07) is 3.45. The molecule has 1 atom stereocenters. The van der Waals surface area contributed by atoms with Gasteiger partial charge in [0.2, 0.25) is 5.91 Å². The van der Waals surface area contributed by atoms with Crippen LogP contribution in [0.2, 0.25) is 0 Å². The molecule has 0 aliphatic carbocycles. The van der Waals surface area contributed by atoms with E-state index in [1.807, 2.05) is 11.0 Å². The summed E-state index contributed by atoms with van der Waals surface area (Å²) in [6.07, 6.45) is 4.79. The molecule has 0 radical (unpaired) electrons. The van der Waals surface area contributed by atoms with E-state index in [4.69, 9.17) is 4.74 Å². The molecule has 3 rings (SSSR count). The first-order chi connectivity index (χ1) is 13.0. The third-order valence-electron chi connectivity index (χ3n) is 5.72. The Morgan fingerprint density at radius 2 is 1.96 bits per heavy atom. The molecule has 2 aliphatic heterocycles. The predicted octanol–water partition coefficient (Wildman–Crippen LogP) is 3.94. The number of piperidine rings is 1. The Labute approximate surface area is 162 Å². The predicted molar refractivity (Wildman–Crippen MR) is 107 cm³/mol. The highest BCUT2D eigenvalue weighted by molar-refractivity contribution is 5.96. The number of carbonyl (C=O) groups excluding carboxylic acids is 1. The Balaban J connectivity index is 1.56. The number of anilines is 1. The largest absolute Gasteiger partial charge is 0.378 e. The molecule has 27 heavy (non-hydrogen) atoms. The van der Waals surface area contributed by atoms with Gasteiger partial charge in [-0.2, -0.15) is 0 Å². The number of ether oxygens (including phenoxy) is 1. The zero-order valence-electron chi connectivity index (χ0n) is 17.0. The molecule has 0 saturated carbocycles. The Morgan fingerprint density at radius 3 is 2.67 bits per heavy atom. The van der Waals surface area contributed by atoms with Gasteiger partial charge in [-0.15, -0.1) is 0 Å². The highest BCUT2D eigenvalue weighted by Crippen LogP contribution is 2.31. The van der Waals surface area contributed by atoms with Gasteiger partial charge in [0.1, 0.15) is 5.82 Å². The fraction of sp³-hybridized carbons (Fsp3) is 0.682. The van der Waals surface area contributed by atoms with E-state index in [0.717, 1.165) is 56.8 Å². The van der Waals surface area contributed by atoms with Crippen molar-refractivity contribution in [3.05, 3.63) is 29.1 Å². The number of halogens is 1. The lowest BCUT2D eigenvalue weighted by molar-refractivity contribution is -0.119. The maximum atomic E-state index is 13.9. The average molecular weight is 377 g/mol. The van der Waals surface area contributed by atoms with E-state index in [9.17, 15) is 9.18 Å². The monoisotopic (exact) mass is 376 g/mol. The summed E-state index contributed by atoms with van der Waals surface area (Å²) >= 11 is 0. The van der Waals surface area contributed by atoms with E-state index in [2.05, 4.69) is 18.7 Å². The fourth-order valence-corrected chi connectivity index (χ4v) is 4.22. The van der Waals surface area contributed by atoms with Gasteiger partial charge in [0.05, 0.1) is 6.10 Å². The van der Waals surface area contributed by atoms with Gasteiger partial charge in [-0.25, -0.2) is 4.39 Å². The van der Waals surface area contributed by atoms with Crippen LogP contribution < -0.4 is 4.90 Å². The maximum Gasteiger partial charge on any atom is 0.227 e. The van der Waals surface area contributed by atoms with Crippen molar-refractivity contribution < 1.29 is 13.9 Å². The number of hydrogen-bond donors (Lipinski definition) is 0. The van der Waals surface area contributed by atoms with Crippen molar-refractivity contribution >= 4 is 11.6 Å². The lowest BCUT2D eigenvalue weighted by atomic mass is 9.97. The molecule has 0 N–H and O–H groups in total. The normalized spacial score (nSPS) is 20.0. The first kappa shape index (κ1) is 20.3. The number of likely N-dealkylation sites (tertiary alicyclic amines) is 1. The van der Waals surface area contributed by atoms with Crippen molar-refractivity contribution in [2.24, 2.45) is 5.92 Å². The minimum atomic E-state index is -0.177. The third-order valence-corrected chi connectivity index (χ3v) is 5.72. The van der Waals surface area contributed by atoms with Gasteiger partial charge in [0.25, 0.3) is 0 Å². The summed E-state index contributed by atoms with van der Waals surface area (Å²) in [5, 5.41) is 0. The van der Waals surface area contributed by atoms with Gasteiger partial charge < -0.3 is 14.5 Å². The van der Waals surface area contributed by atoms with E-state index in [-0.39, 0.29) is 11.7 Å². The molecule has 0 aromatic heterocycles. The number of benzene rings is 1. The summed E-state index contributed by atoms with van der Waals surface area (Å²) in [5.74, 6) is 0.356. The number of rotatable bonds is 7. The number of nitrogens with zero attached hydrogens (tertiary/aromatic N) is 2. The van der Waals surface area contributed by atoms with Crippen LogP contribution in [0.3, 0.4) is 0 Å². The highest BCUT2D eigenvalue weighted by Gasteiger charge is 2.28. The number of amides is 1. The molecule has 0 bridgehead atoms. The molecule has 0 spiro atoms. The van der Waals surface area contributed by atoms with Crippen LogP contribution in [0.5, 0.6) is 0 Å². The fourth-order valence-electron chi connectivity index (χ4n) is 4.22. The van der Waals surface area contributed by atoms with Crippen molar-refractivity contribution in [1.82, 2.24) is 4.90 Å². The molecule has 2 heterocycles. The number of fused-ring (bicyclic) bond motifs is 1. The van der Waals surface area contributed by atoms with Gasteiger partial charge in [-0.3, -0.25) is 4.79 Å².